The number of ether oxygens (including phenoxy) is 4. The van der Waals surface area contributed by atoms with E-state index in [1.807, 2.05) is 0 Å². The van der Waals surface area contributed by atoms with E-state index in [0.29, 0.717) is 5.56 Å². The Morgan fingerprint density at radius 3 is 2.33 bits per heavy atom. The molecule has 0 saturated carbocycles. The average Bonchev–Trinajstić information content (AvgIpc) is 2.85. The quantitative estimate of drug-likeness (QED) is 0.457. The molecular formula is C19H20O8. The summed E-state index contributed by atoms with van der Waals surface area (Å²) in [5.74, 6) is 2.98. The normalized spacial score (nSPS) is 26.4. The van der Waals surface area contributed by atoms with Crippen LogP contribution in [0.2, 0.25) is 0 Å². The van der Waals surface area contributed by atoms with E-state index in [4.69, 9.17) is 18.9 Å². The van der Waals surface area contributed by atoms with Crippen molar-refractivity contribution in [1.82, 2.24) is 0 Å². The van der Waals surface area contributed by atoms with Crippen LogP contribution in [0.5, 0.6) is 0 Å². The van der Waals surface area contributed by atoms with Crippen LogP contribution in [-0.2, 0) is 28.5 Å². The standard InChI is InChI=1S/C19H20O8/c1-4-10-19(23)15(11-24-17(22)14-8-6-5-7-9-14)27-18(26-13(3)21)16(19)25-12(2)20/h5-9,15-16,18,23H,11H2,1-3H3/t15-,16-,18-,19+/m0/s1. The van der Waals surface area contributed by atoms with Gasteiger partial charge in [-0.25, -0.2) is 4.79 Å². The lowest BCUT2D eigenvalue weighted by Gasteiger charge is -2.27. The monoisotopic (exact) mass is 376 g/mol. The van der Waals surface area contributed by atoms with Crippen LogP contribution in [0.25, 0.3) is 0 Å². The van der Waals surface area contributed by atoms with Gasteiger partial charge in [0.1, 0.15) is 12.7 Å². The first-order chi connectivity index (χ1) is 12.8. The van der Waals surface area contributed by atoms with Crippen molar-refractivity contribution in [2.75, 3.05) is 6.61 Å². The van der Waals surface area contributed by atoms with Gasteiger partial charge in [-0.2, -0.15) is 0 Å². The molecule has 4 atom stereocenters. The Kier molecular flexibility index (Phi) is 6.55. The number of carbonyl (C=O) groups excluding carboxylic acids is 3. The molecule has 0 amide bonds. The number of carbonyl (C=O) groups is 3. The van der Waals surface area contributed by atoms with Crippen molar-refractivity contribution in [1.29, 1.82) is 0 Å². The third-order valence-corrected chi connectivity index (χ3v) is 3.75. The molecule has 0 unspecified atom stereocenters. The molecule has 8 heteroatoms. The molecule has 0 aliphatic carbocycles. The summed E-state index contributed by atoms with van der Waals surface area (Å²) in [6, 6.07) is 8.24. The van der Waals surface area contributed by atoms with Crippen molar-refractivity contribution >= 4 is 17.9 Å². The van der Waals surface area contributed by atoms with E-state index in [-0.39, 0.29) is 0 Å². The summed E-state index contributed by atoms with van der Waals surface area (Å²) < 4.78 is 20.7. The minimum atomic E-state index is -2.03. The zero-order chi connectivity index (χ0) is 20.0. The highest BCUT2D eigenvalue weighted by molar-refractivity contribution is 5.89. The SMILES string of the molecule is CC#C[C@@]1(O)[C@H](COC(=O)c2ccccc2)O[C@H](OC(C)=O)[C@@H]1OC(C)=O. The molecule has 27 heavy (non-hydrogen) atoms. The molecule has 2 rings (SSSR count). The molecule has 1 aromatic rings. The Morgan fingerprint density at radius 1 is 1.15 bits per heavy atom. The average molecular weight is 376 g/mol. The van der Waals surface area contributed by atoms with Gasteiger partial charge in [-0.1, -0.05) is 24.1 Å². The highest BCUT2D eigenvalue weighted by Crippen LogP contribution is 2.34. The van der Waals surface area contributed by atoms with Crippen molar-refractivity contribution in [2.45, 2.75) is 44.9 Å². The second-order valence-electron chi connectivity index (χ2n) is 5.80. The van der Waals surface area contributed by atoms with Gasteiger partial charge in [0.15, 0.2) is 5.60 Å². The van der Waals surface area contributed by atoms with E-state index in [2.05, 4.69) is 11.8 Å². The van der Waals surface area contributed by atoms with E-state index < -0.39 is 48.6 Å². The first kappa shape index (κ1) is 20.4. The second-order valence-corrected chi connectivity index (χ2v) is 5.80. The fraction of sp³-hybridized carbons (Fsp3) is 0.421. The predicted octanol–water partition coefficient (Wildman–Crippen LogP) is 0.817. The van der Waals surface area contributed by atoms with Gasteiger partial charge < -0.3 is 24.1 Å². The fourth-order valence-electron chi connectivity index (χ4n) is 2.63. The number of rotatable bonds is 5. The number of hydrogen-bond donors (Lipinski definition) is 1. The minimum Gasteiger partial charge on any atom is -0.459 e. The molecule has 1 aliphatic rings. The van der Waals surface area contributed by atoms with E-state index in [1.54, 1.807) is 30.3 Å². The molecule has 1 aliphatic heterocycles. The maximum atomic E-state index is 12.1. The molecule has 1 saturated heterocycles. The van der Waals surface area contributed by atoms with Gasteiger partial charge in [-0.05, 0) is 19.1 Å². The largest absolute Gasteiger partial charge is 0.459 e. The molecular weight excluding hydrogens is 356 g/mol. The highest BCUT2D eigenvalue weighted by atomic mass is 16.7. The van der Waals surface area contributed by atoms with Gasteiger partial charge in [0.05, 0.1) is 5.56 Å². The van der Waals surface area contributed by atoms with Crippen molar-refractivity contribution in [3.8, 4) is 11.8 Å². The summed E-state index contributed by atoms with van der Waals surface area (Å²) in [5.41, 5.74) is -1.72. The molecule has 8 nitrogen and oxygen atoms in total. The topological polar surface area (TPSA) is 108 Å². The van der Waals surface area contributed by atoms with E-state index in [9.17, 15) is 19.5 Å². The third-order valence-electron chi connectivity index (χ3n) is 3.75. The summed E-state index contributed by atoms with van der Waals surface area (Å²) >= 11 is 0. The van der Waals surface area contributed by atoms with E-state index in [1.165, 1.54) is 6.92 Å². The molecule has 0 bridgehead atoms. The van der Waals surface area contributed by atoms with Crippen LogP contribution in [0.15, 0.2) is 30.3 Å². The summed E-state index contributed by atoms with van der Waals surface area (Å²) in [6.07, 6.45) is -3.99. The van der Waals surface area contributed by atoms with E-state index in [0.717, 1.165) is 13.8 Å². The predicted molar refractivity (Wildman–Crippen MR) is 91.1 cm³/mol. The van der Waals surface area contributed by atoms with Gasteiger partial charge >= 0.3 is 17.9 Å². The number of benzene rings is 1. The van der Waals surface area contributed by atoms with Crippen LogP contribution in [0.3, 0.4) is 0 Å². The van der Waals surface area contributed by atoms with Crippen LogP contribution < -0.4 is 0 Å². The summed E-state index contributed by atoms with van der Waals surface area (Å²) in [4.78, 5) is 34.9. The summed E-state index contributed by atoms with van der Waals surface area (Å²) in [7, 11) is 0. The molecule has 1 N–H and O–H groups in total. The van der Waals surface area contributed by atoms with Gasteiger partial charge in [-0.15, -0.1) is 5.92 Å². The lowest BCUT2D eigenvalue weighted by Crippen LogP contribution is -2.51. The van der Waals surface area contributed by atoms with Gasteiger partial charge in [0.2, 0.25) is 12.4 Å². The Labute approximate surface area is 156 Å². The molecule has 0 aromatic heterocycles. The molecule has 144 valence electrons. The first-order valence-corrected chi connectivity index (χ1v) is 8.16. The first-order valence-electron chi connectivity index (χ1n) is 8.16. The Bertz CT molecular complexity index is 763. The van der Waals surface area contributed by atoms with E-state index >= 15 is 0 Å². The fourth-order valence-corrected chi connectivity index (χ4v) is 2.63. The van der Waals surface area contributed by atoms with Crippen molar-refractivity contribution in [2.24, 2.45) is 0 Å². The van der Waals surface area contributed by atoms with Crippen molar-refractivity contribution in [3.63, 3.8) is 0 Å². The van der Waals surface area contributed by atoms with Crippen LogP contribution in [0.1, 0.15) is 31.1 Å². The van der Waals surface area contributed by atoms with Gasteiger partial charge in [-0.3, -0.25) is 9.59 Å². The molecule has 1 heterocycles. The Morgan fingerprint density at radius 2 is 1.78 bits per heavy atom. The zero-order valence-corrected chi connectivity index (χ0v) is 15.1. The Balaban J connectivity index is 2.21. The molecule has 0 spiro atoms. The maximum Gasteiger partial charge on any atom is 0.338 e. The zero-order valence-electron chi connectivity index (χ0n) is 15.1. The Hall–Kier alpha value is -2.89. The van der Waals surface area contributed by atoms with Crippen LogP contribution in [0, 0.1) is 11.8 Å². The highest BCUT2D eigenvalue weighted by Gasteiger charge is 2.59. The lowest BCUT2D eigenvalue weighted by molar-refractivity contribution is -0.196. The van der Waals surface area contributed by atoms with Gasteiger partial charge in [0.25, 0.3) is 0 Å². The number of hydrogen-bond acceptors (Lipinski definition) is 8. The van der Waals surface area contributed by atoms with Crippen LogP contribution in [0.4, 0.5) is 0 Å². The van der Waals surface area contributed by atoms with Crippen LogP contribution in [-0.4, -0.2) is 53.7 Å². The van der Waals surface area contributed by atoms with Gasteiger partial charge in [0, 0.05) is 13.8 Å². The summed E-state index contributed by atoms with van der Waals surface area (Å²) in [5, 5.41) is 11.0. The lowest BCUT2D eigenvalue weighted by atomic mass is 9.93. The van der Waals surface area contributed by atoms with Crippen molar-refractivity contribution in [3.05, 3.63) is 35.9 Å². The number of esters is 3. The van der Waals surface area contributed by atoms with Crippen molar-refractivity contribution < 1.29 is 38.4 Å². The second kappa shape index (κ2) is 8.66. The molecule has 0 radical (unpaired) electrons. The maximum absolute atomic E-state index is 12.1. The minimum absolute atomic E-state index is 0.314. The molecule has 1 fully saturated rings. The third kappa shape index (κ3) is 4.84. The summed E-state index contributed by atoms with van der Waals surface area (Å²) in [6.45, 7) is 3.35. The number of aliphatic hydroxyl groups is 1. The smallest absolute Gasteiger partial charge is 0.338 e. The van der Waals surface area contributed by atoms with Crippen LogP contribution >= 0.6 is 0 Å². The molecule has 1 aromatic carbocycles.